The van der Waals surface area contributed by atoms with Crippen molar-refractivity contribution in [2.75, 3.05) is 12.4 Å². The number of hydrogen-bond acceptors (Lipinski definition) is 3. The number of benzene rings is 2. The number of nitrogens with one attached hydrogen (secondary N) is 1. The van der Waals surface area contributed by atoms with Gasteiger partial charge in [0.1, 0.15) is 5.82 Å². The number of halogens is 3. The smallest absolute Gasteiger partial charge is 0.163 e. The van der Waals surface area contributed by atoms with Gasteiger partial charge >= 0.3 is 0 Å². The SMILES string of the molecule is CNc1nc(-c2cc(Br)ccc2Cl)nc2cc(Cl)ccc12. The first-order valence-corrected chi connectivity index (χ1v) is 7.74. The summed E-state index contributed by atoms with van der Waals surface area (Å²) < 4.78 is 0.919. The van der Waals surface area contributed by atoms with Gasteiger partial charge in [-0.1, -0.05) is 39.1 Å². The molecule has 0 atom stereocenters. The Morgan fingerprint density at radius 2 is 1.86 bits per heavy atom. The molecular formula is C15H10BrCl2N3. The van der Waals surface area contributed by atoms with Crippen LogP contribution in [0.25, 0.3) is 22.3 Å². The standard InChI is InChI=1S/C15H10BrCl2N3/c1-19-14-10-4-3-9(17)7-13(10)20-15(21-14)11-6-8(16)2-5-12(11)18/h2-7H,1H3,(H,19,20,21). The highest BCUT2D eigenvalue weighted by atomic mass is 79.9. The third-order valence-electron chi connectivity index (χ3n) is 3.07. The molecule has 0 fully saturated rings. The molecule has 0 aliphatic carbocycles. The van der Waals surface area contributed by atoms with Gasteiger partial charge in [0.15, 0.2) is 5.82 Å². The lowest BCUT2D eigenvalue weighted by molar-refractivity contribution is 1.21. The average Bonchev–Trinajstić information content (AvgIpc) is 2.48. The largest absolute Gasteiger partial charge is 0.373 e. The molecule has 0 unspecified atom stereocenters. The van der Waals surface area contributed by atoms with E-state index in [2.05, 4.69) is 31.2 Å². The molecule has 3 rings (SSSR count). The topological polar surface area (TPSA) is 37.8 Å². The molecule has 6 heteroatoms. The maximum absolute atomic E-state index is 6.26. The summed E-state index contributed by atoms with van der Waals surface area (Å²) in [4.78, 5) is 9.13. The van der Waals surface area contributed by atoms with E-state index in [1.165, 1.54) is 0 Å². The third kappa shape index (κ3) is 2.84. The summed E-state index contributed by atoms with van der Waals surface area (Å²) >= 11 is 15.8. The van der Waals surface area contributed by atoms with E-state index in [1.807, 2.05) is 43.4 Å². The van der Waals surface area contributed by atoms with Gasteiger partial charge in [-0.3, -0.25) is 0 Å². The van der Waals surface area contributed by atoms with Crippen molar-refractivity contribution in [3.05, 3.63) is 50.9 Å². The van der Waals surface area contributed by atoms with Gasteiger partial charge in [-0.25, -0.2) is 9.97 Å². The monoisotopic (exact) mass is 381 g/mol. The molecule has 0 aliphatic heterocycles. The zero-order valence-electron chi connectivity index (χ0n) is 11.0. The van der Waals surface area contributed by atoms with Crippen molar-refractivity contribution in [2.24, 2.45) is 0 Å². The van der Waals surface area contributed by atoms with Crippen LogP contribution in [-0.4, -0.2) is 17.0 Å². The van der Waals surface area contributed by atoms with Crippen molar-refractivity contribution in [1.29, 1.82) is 0 Å². The predicted molar refractivity (Wildman–Crippen MR) is 92.2 cm³/mol. The van der Waals surface area contributed by atoms with Crippen LogP contribution in [-0.2, 0) is 0 Å². The van der Waals surface area contributed by atoms with Crippen molar-refractivity contribution >= 4 is 55.9 Å². The molecule has 0 saturated heterocycles. The van der Waals surface area contributed by atoms with Crippen LogP contribution in [0.15, 0.2) is 40.9 Å². The van der Waals surface area contributed by atoms with Crippen LogP contribution in [0.5, 0.6) is 0 Å². The molecule has 2 aromatic carbocycles. The van der Waals surface area contributed by atoms with E-state index in [9.17, 15) is 0 Å². The van der Waals surface area contributed by atoms with Gasteiger partial charge in [-0.15, -0.1) is 0 Å². The van der Waals surface area contributed by atoms with Crippen LogP contribution in [0.4, 0.5) is 5.82 Å². The van der Waals surface area contributed by atoms with Gasteiger partial charge < -0.3 is 5.32 Å². The molecule has 1 aromatic heterocycles. The third-order valence-corrected chi connectivity index (χ3v) is 4.12. The van der Waals surface area contributed by atoms with Crippen molar-refractivity contribution in [3.8, 4) is 11.4 Å². The molecular weight excluding hydrogens is 373 g/mol. The number of rotatable bonds is 2. The lowest BCUT2D eigenvalue weighted by atomic mass is 10.2. The molecule has 0 spiro atoms. The van der Waals surface area contributed by atoms with Gasteiger partial charge in [-0.05, 0) is 36.4 Å². The summed E-state index contributed by atoms with van der Waals surface area (Å²) in [7, 11) is 1.82. The van der Waals surface area contributed by atoms with E-state index in [4.69, 9.17) is 23.2 Å². The molecule has 3 nitrogen and oxygen atoms in total. The Hall–Kier alpha value is -1.36. The number of nitrogens with zero attached hydrogens (tertiary/aromatic N) is 2. The minimum absolute atomic E-state index is 0.556. The molecule has 0 saturated carbocycles. The minimum atomic E-state index is 0.556. The van der Waals surface area contributed by atoms with E-state index in [0.29, 0.717) is 15.9 Å². The zero-order valence-corrected chi connectivity index (χ0v) is 14.1. The second kappa shape index (κ2) is 5.79. The predicted octanol–water partition coefficient (Wildman–Crippen LogP) is 5.41. The molecule has 0 radical (unpaired) electrons. The van der Waals surface area contributed by atoms with Gasteiger partial charge in [-0.2, -0.15) is 0 Å². The Morgan fingerprint density at radius 3 is 2.62 bits per heavy atom. The maximum Gasteiger partial charge on any atom is 0.163 e. The average molecular weight is 383 g/mol. The van der Waals surface area contributed by atoms with Crippen LogP contribution in [0.3, 0.4) is 0 Å². The summed E-state index contributed by atoms with van der Waals surface area (Å²) in [6.07, 6.45) is 0. The van der Waals surface area contributed by atoms with Crippen LogP contribution < -0.4 is 5.32 Å². The van der Waals surface area contributed by atoms with Crippen molar-refractivity contribution in [1.82, 2.24) is 9.97 Å². The Kier molecular flexibility index (Phi) is 4.02. The molecule has 106 valence electrons. The first-order valence-electron chi connectivity index (χ1n) is 6.19. The van der Waals surface area contributed by atoms with E-state index < -0.39 is 0 Å². The Balaban J connectivity index is 2.30. The van der Waals surface area contributed by atoms with Gasteiger partial charge in [0, 0.05) is 27.5 Å². The fourth-order valence-corrected chi connectivity index (χ4v) is 2.81. The summed E-state index contributed by atoms with van der Waals surface area (Å²) in [5.74, 6) is 1.29. The highest BCUT2D eigenvalue weighted by Crippen LogP contribution is 2.32. The molecule has 0 amide bonds. The van der Waals surface area contributed by atoms with Crippen molar-refractivity contribution < 1.29 is 0 Å². The van der Waals surface area contributed by atoms with Crippen LogP contribution in [0, 0.1) is 0 Å². The van der Waals surface area contributed by atoms with Crippen molar-refractivity contribution in [2.45, 2.75) is 0 Å². The van der Waals surface area contributed by atoms with E-state index >= 15 is 0 Å². The first-order chi connectivity index (χ1) is 10.1. The summed E-state index contributed by atoms with van der Waals surface area (Å²) in [5.41, 5.74) is 1.54. The molecule has 3 aromatic rings. The van der Waals surface area contributed by atoms with Gasteiger partial charge in [0.05, 0.1) is 10.5 Å². The summed E-state index contributed by atoms with van der Waals surface area (Å²) in [5, 5.41) is 5.23. The lowest BCUT2D eigenvalue weighted by Gasteiger charge is -2.10. The molecule has 1 N–H and O–H groups in total. The van der Waals surface area contributed by atoms with Gasteiger partial charge in [0.25, 0.3) is 0 Å². The lowest BCUT2D eigenvalue weighted by Crippen LogP contribution is -1.99. The highest BCUT2D eigenvalue weighted by molar-refractivity contribution is 9.10. The zero-order chi connectivity index (χ0) is 15.0. The van der Waals surface area contributed by atoms with E-state index in [0.717, 1.165) is 26.8 Å². The first kappa shape index (κ1) is 14.6. The summed E-state index contributed by atoms with van der Waals surface area (Å²) in [6, 6.07) is 11.1. The second-order valence-electron chi connectivity index (χ2n) is 4.43. The number of hydrogen-bond donors (Lipinski definition) is 1. The number of fused-ring (bicyclic) bond motifs is 1. The van der Waals surface area contributed by atoms with E-state index in [1.54, 1.807) is 0 Å². The molecule has 21 heavy (non-hydrogen) atoms. The molecule has 1 heterocycles. The number of anilines is 1. The fourth-order valence-electron chi connectivity index (χ4n) is 2.08. The molecule has 0 bridgehead atoms. The van der Waals surface area contributed by atoms with Crippen LogP contribution in [0.2, 0.25) is 10.0 Å². The highest BCUT2D eigenvalue weighted by Gasteiger charge is 2.12. The van der Waals surface area contributed by atoms with Crippen molar-refractivity contribution in [3.63, 3.8) is 0 Å². The Labute approximate surface area is 140 Å². The fraction of sp³-hybridized carbons (Fsp3) is 0.0667. The molecule has 0 aliphatic rings. The Morgan fingerprint density at radius 1 is 1.05 bits per heavy atom. The Bertz CT molecular complexity index is 837. The quantitative estimate of drug-likeness (QED) is 0.644. The normalized spacial score (nSPS) is 10.9. The minimum Gasteiger partial charge on any atom is -0.373 e. The second-order valence-corrected chi connectivity index (χ2v) is 6.19. The maximum atomic E-state index is 6.26. The van der Waals surface area contributed by atoms with E-state index in [-0.39, 0.29) is 0 Å². The van der Waals surface area contributed by atoms with Crippen LogP contribution in [0.1, 0.15) is 0 Å². The number of aromatic nitrogens is 2. The van der Waals surface area contributed by atoms with Crippen LogP contribution >= 0.6 is 39.1 Å². The summed E-state index contributed by atoms with van der Waals surface area (Å²) in [6.45, 7) is 0. The van der Waals surface area contributed by atoms with Gasteiger partial charge in [0.2, 0.25) is 0 Å².